The van der Waals surface area contributed by atoms with Crippen LogP contribution in [0.15, 0.2) is 30.3 Å². The number of rotatable bonds is 2. The maximum absolute atomic E-state index is 11.3. The number of fused-ring (bicyclic) bond motifs is 1. The van der Waals surface area contributed by atoms with Crippen LogP contribution in [0.1, 0.15) is 18.0 Å². The number of nitrogens with one attached hydrogen (secondary N) is 1. The summed E-state index contributed by atoms with van der Waals surface area (Å²) >= 11 is 0. The van der Waals surface area contributed by atoms with Crippen molar-refractivity contribution in [3.63, 3.8) is 0 Å². The molecule has 3 rings (SSSR count). The van der Waals surface area contributed by atoms with Crippen molar-refractivity contribution >= 4 is 6.09 Å². The van der Waals surface area contributed by atoms with E-state index in [1.54, 1.807) is 4.90 Å². The van der Waals surface area contributed by atoms with E-state index in [2.05, 4.69) is 5.32 Å². The zero-order valence-corrected chi connectivity index (χ0v) is 9.76. The summed E-state index contributed by atoms with van der Waals surface area (Å²) in [5, 5.41) is 12.6. The average Bonchev–Trinajstić information content (AvgIpc) is 2.96. The van der Waals surface area contributed by atoms with Gasteiger partial charge >= 0.3 is 6.09 Å². The largest absolute Gasteiger partial charge is 0.465 e. The Hall–Kier alpha value is -1.55. The van der Waals surface area contributed by atoms with Crippen molar-refractivity contribution in [2.45, 2.75) is 18.0 Å². The van der Waals surface area contributed by atoms with Crippen LogP contribution in [0.3, 0.4) is 0 Å². The monoisotopic (exact) mass is 232 g/mol. The molecule has 1 aliphatic heterocycles. The smallest absolute Gasteiger partial charge is 0.407 e. The molecule has 2 fully saturated rings. The first-order valence-electron chi connectivity index (χ1n) is 5.92. The Balaban J connectivity index is 2.00. The maximum Gasteiger partial charge on any atom is 0.407 e. The minimum atomic E-state index is -0.819. The molecule has 0 aromatic heterocycles. The Bertz CT molecular complexity index is 444. The molecule has 1 heterocycles. The molecule has 1 saturated heterocycles. The summed E-state index contributed by atoms with van der Waals surface area (Å²) < 4.78 is 0. The van der Waals surface area contributed by atoms with Crippen LogP contribution in [0.5, 0.6) is 0 Å². The molecule has 1 amide bonds. The normalized spacial score (nSPS) is 34.5. The van der Waals surface area contributed by atoms with E-state index in [1.807, 2.05) is 37.4 Å². The number of likely N-dealkylation sites (tertiary alicyclic amines) is 1. The van der Waals surface area contributed by atoms with Crippen LogP contribution in [0.2, 0.25) is 0 Å². The molecule has 2 N–H and O–H groups in total. The number of hydrogen-bond donors (Lipinski definition) is 2. The van der Waals surface area contributed by atoms with Gasteiger partial charge in [-0.05, 0) is 24.9 Å². The summed E-state index contributed by atoms with van der Waals surface area (Å²) in [6.07, 6.45) is 0.257. The van der Waals surface area contributed by atoms with Crippen molar-refractivity contribution < 1.29 is 9.90 Å². The van der Waals surface area contributed by atoms with Gasteiger partial charge in [-0.2, -0.15) is 0 Å². The minimum Gasteiger partial charge on any atom is -0.465 e. The number of nitrogens with zero attached hydrogens (tertiary/aromatic N) is 1. The van der Waals surface area contributed by atoms with Crippen molar-refractivity contribution in [2.24, 2.45) is 5.92 Å². The fraction of sp³-hybridized carbons (Fsp3) is 0.462. The van der Waals surface area contributed by atoms with Crippen LogP contribution < -0.4 is 5.32 Å². The SMILES string of the molecule is CN[C@@]12C[C@@H]1CN(C(=O)O)[C@H]2c1ccccc1. The van der Waals surface area contributed by atoms with Gasteiger partial charge in [-0.15, -0.1) is 0 Å². The Morgan fingerprint density at radius 3 is 2.76 bits per heavy atom. The molecule has 3 atom stereocenters. The second-order valence-electron chi connectivity index (χ2n) is 4.94. The first-order valence-corrected chi connectivity index (χ1v) is 5.92. The highest BCUT2D eigenvalue weighted by molar-refractivity contribution is 5.68. The number of piperidine rings is 1. The molecule has 1 saturated carbocycles. The lowest BCUT2D eigenvalue weighted by Crippen LogP contribution is -2.41. The summed E-state index contributed by atoms with van der Waals surface area (Å²) in [5.41, 5.74) is 1.06. The molecule has 4 nitrogen and oxygen atoms in total. The molecule has 1 aliphatic carbocycles. The zero-order valence-electron chi connectivity index (χ0n) is 9.76. The second kappa shape index (κ2) is 3.47. The highest BCUT2D eigenvalue weighted by atomic mass is 16.4. The van der Waals surface area contributed by atoms with Gasteiger partial charge in [0.2, 0.25) is 0 Å². The van der Waals surface area contributed by atoms with Crippen LogP contribution in [0.4, 0.5) is 4.79 Å². The zero-order chi connectivity index (χ0) is 12.0. The summed E-state index contributed by atoms with van der Waals surface area (Å²) in [7, 11) is 1.93. The molecule has 0 unspecified atom stereocenters. The van der Waals surface area contributed by atoms with Crippen molar-refractivity contribution in [2.75, 3.05) is 13.6 Å². The lowest BCUT2D eigenvalue weighted by Gasteiger charge is -2.30. The Kier molecular flexibility index (Phi) is 2.16. The minimum absolute atomic E-state index is 0.0280. The van der Waals surface area contributed by atoms with Gasteiger partial charge in [-0.25, -0.2) is 4.79 Å². The topological polar surface area (TPSA) is 52.6 Å². The lowest BCUT2D eigenvalue weighted by atomic mass is 9.97. The summed E-state index contributed by atoms with van der Waals surface area (Å²) in [6.45, 7) is 0.649. The van der Waals surface area contributed by atoms with Crippen LogP contribution in [-0.4, -0.2) is 35.2 Å². The molecule has 90 valence electrons. The predicted molar refractivity (Wildman–Crippen MR) is 63.8 cm³/mol. The molecular weight excluding hydrogens is 216 g/mol. The number of benzene rings is 1. The molecule has 0 radical (unpaired) electrons. The molecule has 2 aliphatic rings. The molecule has 1 aromatic carbocycles. The molecule has 0 spiro atoms. The predicted octanol–water partition coefficient (Wildman–Crippen LogP) is 1.70. The fourth-order valence-electron chi connectivity index (χ4n) is 3.28. The molecule has 0 bridgehead atoms. The number of amides is 1. The Morgan fingerprint density at radius 2 is 2.18 bits per heavy atom. The van der Waals surface area contributed by atoms with Gasteiger partial charge in [-0.3, -0.25) is 4.90 Å². The molecule has 4 heteroatoms. The number of carbonyl (C=O) groups is 1. The third kappa shape index (κ3) is 1.37. The highest BCUT2D eigenvalue weighted by Gasteiger charge is 2.66. The van der Waals surface area contributed by atoms with Gasteiger partial charge in [0.15, 0.2) is 0 Å². The standard InChI is InChI=1S/C13H16N2O2/c1-14-13-7-10(13)8-15(12(16)17)11(13)9-5-3-2-4-6-9/h2-6,10-11,14H,7-8H2,1H3,(H,16,17)/t10-,11+,13+/m1/s1. The first kappa shape index (κ1) is 10.6. The average molecular weight is 232 g/mol. The van der Waals surface area contributed by atoms with Gasteiger partial charge in [0.25, 0.3) is 0 Å². The van der Waals surface area contributed by atoms with E-state index in [1.165, 1.54) is 0 Å². The maximum atomic E-state index is 11.3. The van der Waals surface area contributed by atoms with E-state index >= 15 is 0 Å². The van der Waals surface area contributed by atoms with Crippen LogP contribution in [0.25, 0.3) is 0 Å². The van der Waals surface area contributed by atoms with Crippen LogP contribution in [0, 0.1) is 5.92 Å². The summed E-state index contributed by atoms with van der Waals surface area (Å²) in [4.78, 5) is 12.9. The van der Waals surface area contributed by atoms with Crippen LogP contribution >= 0.6 is 0 Å². The van der Waals surface area contributed by atoms with Crippen LogP contribution in [-0.2, 0) is 0 Å². The van der Waals surface area contributed by atoms with Gasteiger partial charge in [0.1, 0.15) is 0 Å². The first-order chi connectivity index (χ1) is 8.19. The Morgan fingerprint density at radius 1 is 1.47 bits per heavy atom. The van der Waals surface area contributed by atoms with Gasteiger partial charge < -0.3 is 10.4 Å². The molecule has 1 aromatic rings. The van der Waals surface area contributed by atoms with E-state index in [9.17, 15) is 9.90 Å². The number of likely N-dealkylation sites (N-methyl/N-ethyl adjacent to an activating group) is 1. The van der Waals surface area contributed by atoms with Crippen molar-refractivity contribution in [3.05, 3.63) is 35.9 Å². The van der Waals surface area contributed by atoms with E-state index < -0.39 is 6.09 Å². The summed E-state index contributed by atoms with van der Waals surface area (Å²) in [6, 6.07) is 9.88. The third-order valence-corrected chi connectivity index (χ3v) is 4.20. The van der Waals surface area contributed by atoms with Crippen molar-refractivity contribution in [3.8, 4) is 0 Å². The quantitative estimate of drug-likeness (QED) is 0.816. The second-order valence-corrected chi connectivity index (χ2v) is 4.94. The van der Waals surface area contributed by atoms with Gasteiger partial charge in [-0.1, -0.05) is 30.3 Å². The third-order valence-electron chi connectivity index (χ3n) is 4.20. The number of carboxylic acid groups (broad SMARTS) is 1. The van der Waals surface area contributed by atoms with E-state index in [0.29, 0.717) is 12.5 Å². The number of hydrogen-bond acceptors (Lipinski definition) is 2. The lowest BCUT2D eigenvalue weighted by molar-refractivity contribution is 0.127. The molecule has 17 heavy (non-hydrogen) atoms. The Labute approximate surface area is 100 Å². The van der Waals surface area contributed by atoms with E-state index in [0.717, 1.165) is 12.0 Å². The van der Waals surface area contributed by atoms with Crippen molar-refractivity contribution in [1.29, 1.82) is 0 Å². The fourth-order valence-corrected chi connectivity index (χ4v) is 3.28. The van der Waals surface area contributed by atoms with E-state index in [-0.39, 0.29) is 11.6 Å². The summed E-state index contributed by atoms with van der Waals surface area (Å²) in [5.74, 6) is 0.466. The highest BCUT2D eigenvalue weighted by Crippen LogP contribution is 2.59. The van der Waals surface area contributed by atoms with Gasteiger partial charge in [0.05, 0.1) is 6.04 Å². The molecular formula is C13H16N2O2. The van der Waals surface area contributed by atoms with E-state index in [4.69, 9.17) is 0 Å². The van der Waals surface area contributed by atoms with Gasteiger partial charge in [0, 0.05) is 12.1 Å². The van der Waals surface area contributed by atoms with Crippen molar-refractivity contribution in [1.82, 2.24) is 10.2 Å².